The Hall–Kier alpha value is -1.29. The van der Waals surface area contributed by atoms with E-state index in [1.54, 1.807) is 6.92 Å². The first kappa shape index (κ1) is 9.80. The number of aromatic amines is 1. The fourth-order valence-corrected chi connectivity index (χ4v) is 1.05. The predicted molar refractivity (Wildman–Crippen MR) is 50.1 cm³/mol. The Labute approximate surface area is 79.9 Å². The number of carbonyl (C=O) groups is 1. The number of halogens is 1. The van der Waals surface area contributed by atoms with E-state index in [0.717, 1.165) is 0 Å². The van der Waals surface area contributed by atoms with Crippen molar-refractivity contribution < 1.29 is 4.79 Å². The van der Waals surface area contributed by atoms with Crippen molar-refractivity contribution in [2.45, 2.75) is 6.92 Å². The highest BCUT2D eigenvalue weighted by Crippen LogP contribution is 1.99. The van der Waals surface area contributed by atoms with Crippen LogP contribution in [0.5, 0.6) is 0 Å². The summed E-state index contributed by atoms with van der Waals surface area (Å²) in [6, 6.07) is 0. The highest BCUT2D eigenvalue weighted by Gasteiger charge is 2.10. The standard InChI is InChI=1S/C8H9ClN2O2/c1-2-11-8(13)5-3-10-4-6(9)7(5)12/h3-4H,2H2,1H3,(H,10,12)(H,11,13). The summed E-state index contributed by atoms with van der Waals surface area (Å²) in [6.07, 6.45) is 2.67. The molecule has 70 valence electrons. The molecule has 0 aromatic carbocycles. The molecule has 0 aliphatic rings. The fourth-order valence-electron chi connectivity index (χ4n) is 0.882. The Kier molecular flexibility index (Phi) is 3.08. The molecule has 0 saturated heterocycles. The molecule has 1 aromatic rings. The van der Waals surface area contributed by atoms with Crippen molar-refractivity contribution in [3.05, 3.63) is 33.2 Å². The fraction of sp³-hybridized carbons (Fsp3) is 0.250. The molecule has 0 radical (unpaired) electrons. The topological polar surface area (TPSA) is 62.0 Å². The van der Waals surface area contributed by atoms with Gasteiger partial charge in [0.05, 0.1) is 0 Å². The molecule has 1 amide bonds. The first-order valence-electron chi connectivity index (χ1n) is 3.81. The van der Waals surface area contributed by atoms with Crippen LogP contribution in [0.3, 0.4) is 0 Å². The lowest BCUT2D eigenvalue weighted by atomic mass is 10.2. The summed E-state index contributed by atoms with van der Waals surface area (Å²) >= 11 is 5.53. The molecule has 0 saturated carbocycles. The molecule has 4 nitrogen and oxygen atoms in total. The normalized spacial score (nSPS) is 9.69. The largest absolute Gasteiger partial charge is 0.365 e. The summed E-state index contributed by atoms with van der Waals surface area (Å²) < 4.78 is 0. The van der Waals surface area contributed by atoms with Crippen molar-refractivity contribution in [2.24, 2.45) is 0 Å². The van der Waals surface area contributed by atoms with Gasteiger partial charge in [0.15, 0.2) is 0 Å². The number of rotatable bonds is 2. The first-order chi connectivity index (χ1) is 6.16. The van der Waals surface area contributed by atoms with Gasteiger partial charge in [0.1, 0.15) is 10.6 Å². The van der Waals surface area contributed by atoms with Crippen LogP contribution in [0.4, 0.5) is 0 Å². The summed E-state index contributed by atoms with van der Waals surface area (Å²) in [4.78, 5) is 25.1. The molecule has 0 fully saturated rings. The maximum Gasteiger partial charge on any atom is 0.256 e. The van der Waals surface area contributed by atoms with E-state index in [0.29, 0.717) is 6.54 Å². The van der Waals surface area contributed by atoms with Gasteiger partial charge in [0, 0.05) is 18.9 Å². The molecule has 0 atom stereocenters. The number of nitrogens with one attached hydrogen (secondary N) is 2. The number of H-pyrrole nitrogens is 1. The van der Waals surface area contributed by atoms with E-state index in [1.165, 1.54) is 12.4 Å². The van der Waals surface area contributed by atoms with Gasteiger partial charge in [-0.15, -0.1) is 0 Å². The van der Waals surface area contributed by atoms with Crippen LogP contribution in [0.2, 0.25) is 5.02 Å². The van der Waals surface area contributed by atoms with E-state index in [4.69, 9.17) is 11.6 Å². The quantitative estimate of drug-likeness (QED) is 0.741. The number of hydrogen-bond acceptors (Lipinski definition) is 2. The van der Waals surface area contributed by atoms with Gasteiger partial charge in [-0.25, -0.2) is 0 Å². The van der Waals surface area contributed by atoms with Crippen LogP contribution in [0.1, 0.15) is 17.3 Å². The maximum absolute atomic E-state index is 11.3. The maximum atomic E-state index is 11.3. The Balaban J connectivity index is 3.08. The lowest BCUT2D eigenvalue weighted by Gasteiger charge is -2.00. The van der Waals surface area contributed by atoms with Crippen molar-refractivity contribution in [1.82, 2.24) is 10.3 Å². The molecular weight excluding hydrogens is 192 g/mol. The van der Waals surface area contributed by atoms with Gasteiger partial charge in [0.2, 0.25) is 5.43 Å². The van der Waals surface area contributed by atoms with Crippen molar-refractivity contribution >= 4 is 17.5 Å². The van der Waals surface area contributed by atoms with Gasteiger partial charge in [-0.1, -0.05) is 11.6 Å². The average Bonchev–Trinajstić information content (AvgIpc) is 2.10. The van der Waals surface area contributed by atoms with E-state index in [1.807, 2.05) is 0 Å². The molecule has 1 aromatic heterocycles. The highest BCUT2D eigenvalue weighted by atomic mass is 35.5. The van der Waals surface area contributed by atoms with Crippen LogP contribution < -0.4 is 10.7 Å². The minimum atomic E-state index is -0.452. The van der Waals surface area contributed by atoms with Crippen LogP contribution in [0.25, 0.3) is 0 Å². The van der Waals surface area contributed by atoms with Crippen molar-refractivity contribution in [2.75, 3.05) is 6.54 Å². The lowest BCUT2D eigenvalue weighted by molar-refractivity contribution is 0.0954. The monoisotopic (exact) mass is 200 g/mol. The molecule has 2 N–H and O–H groups in total. The Morgan fingerprint density at radius 1 is 1.62 bits per heavy atom. The number of carbonyl (C=O) groups excluding carboxylic acids is 1. The molecule has 0 aliphatic heterocycles. The summed E-state index contributed by atoms with van der Waals surface area (Å²) in [7, 11) is 0. The number of amides is 1. The molecule has 5 heteroatoms. The highest BCUT2D eigenvalue weighted by molar-refractivity contribution is 6.30. The first-order valence-corrected chi connectivity index (χ1v) is 4.19. The number of pyridine rings is 1. The summed E-state index contributed by atoms with van der Waals surface area (Å²) in [6.45, 7) is 2.25. The average molecular weight is 201 g/mol. The van der Waals surface area contributed by atoms with E-state index in [-0.39, 0.29) is 10.6 Å². The molecule has 0 unspecified atom stereocenters. The van der Waals surface area contributed by atoms with Crippen molar-refractivity contribution in [3.8, 4) is 0 Å². The van der Waals surface area contributed by atoms with Crippen LogP contribution >= 0.6 is 11.6 Å². The predicted octanol–water partition coefficient (Wildman–Crippen LogP) is 0.778. The molecule has 0 bridgehead atoms. The van der Waals surface area contributed by atoms with E-state index in [2.05, 4.69) is 10.3 Å². The molecular formula is C8H9ClN2O2. The third-order valence-electron chi connectivity index (χ3n) is 1.48. The zero-order chi connectivity index (χ0) is 9.84. The van der Waals surface area contributed by atoms with Gasteiger partial charge in [-0.2, -0.15) is 0 Å². The summed E-state index contributed by atoms with van der Waals surface area (Å²) in [5, 5.41) is 2.53. The van der Waals surface area contributed by atoms with Crippen LogP contribution in [-0.2, 0) is 0 Å². The third-order valence-corrected chi connectivity index (χ3v) is 1.76. The second-order valence-electron chi connectivity index (χ2n) is 2.41. The second kappa shape index (κ2) is 4.09. The van der Waals surface area contributed by atoms with Crippen LogP contribution in [-0.4, -0.2) is 17.4 Å². The van der Waals surface area contributed by atoms with Gasteiger partial charge < -0.3 is 10.3 Å². The van der Waals surface area contributed by atoms with Gasteiger partial charge in [-0.3, -0.25) is 9.59 Å². The summed E-state index contributed by atoms with van der Waals surface area (Å²) in [5.41, 5.74) is -0.416. The van der Waals surface area contributed by atoms with E-state index in [9.17, 15) is 9.59 Å². The van der Waals surface area contributed by atoms with Crippen LogP contribution in [0, 0.1) is 0 Å². The SMILES string of the molecule is CCNC(=O)c1c[nH]cc(Cl)c1=O. The second-order valence-corrected chi connectivity index (χ2v) is 2.81. The zero-order valence-electron chi connectivity index (χ0n) is 7.06. The third kappa shape index (κ3) is 2.09. The summed E-state index contributed by atoms with van der Waals surface area (Å²) in [5.74, 6) is -0.411. The Morgan fingerprint density at radius 2 is 2.31 bits per heavy atom. The van der Waals surface area contributed by atoms with Gasteiger partial charge in [0.25, 0.3) is 5.91 Å². The minimum absolute atomic E-state index is 0.0174. The molecule has 1 heterocycles. The zero-order valence-corrected chi connectivity index (χ0v) is 7.81. The minimum Gasteiger partial charge on any atom is -0.365 e. The lowest BCUT2D eigenvalue weighted by Crippen LogP contribution is -2.28. The molecule has 0 aliphatic carbocycles. The number of hydrogen-bond donors (Lipinski definition) is 2. The number of aromatic nitrogens is 1. The molecule has 1 rings (SSSR count). The van der Waals surface area contributed by atoms with E-state index < -0.39 is 11.3 Å². The van der Waals surface area contributed by atoms with Gasteiger partial charge >= 0.3 is 0 Å². The smallest absolute Gasteiger partial charge is 0.256 e. The van der Waals surface area contributed by atoms with E-state index >= 15 is 0 Å². The Bertz CT molecular complexity index is 373. The van der Waals surface area contributed by atoms with Crippen molar-refractivity contribution in [1.29, 1.82) is 0 Å². The van der Waals surface area contributed by atoms with Crippen molar-refractivity contribution in [3.63, 3.8) is 0 Å². The Morgan fingerprint density at radius 3 is 2.92 bits per heavy atom. The molecule has 13 heavy (non-hydrogen) atoms. The molecule has 0 spiro atoms. The van der Waals surface area contributed by atoms with Gasteiger partial charge in [-0.05, 0) is 6.92 Å². The van der Waals surface area contributed by atoms with Crippen LogP contribution in [0.15, 0.2) is 17.2 Å².